The summed E-state index contributed by atoms with van der Waals surface area (Å²) in [7, 11) is 0. The average molecular weight is 191 g/mol. The molecule has 2 N–H and O–H groups in total. The third kappa shape index (κ3) is 1.77. The van der Waals surface area contributed by atoms with Gasteiger partial charge in [-0.3, -0.25) is 0 Å². The third-order valence-corrected chi connectivity index (χ3v) is 3.01. The van der Waals surface area contributed by atoms with Crippen LogP contribution < -0.4 is 5.73 Å². The van der Waals surface area contributed by atoms with Crippen LogP contribution in [-0.4, -0.2) is 16.5 Å². The van der Waals surface area contributed by atoms with Crippen molar-refractivity contribution in [1.29, 1.82) is 0 Å². The van der Waals surface area contributed by atoms with E-state index in [2.05, 4.69) is 16.9 Å². The van der Waals surface area contributed by atoms with Gasteiger partial charge in [0.15, 0.2) is 0 Å². The summed E-state index contributed by atoms with van der Waals surface area (Å²) in [6.45, 7) is 2.69. The van der Waals surface area contributed by atoms with Gasteiger partial charge in [0, 0.05) is 30.3 Å². The zero-order chi connectivity index (χ0) is 9.97. The maximum Gasteiger partial charge on any atom is 0.132 e. The van der Waals surface area contributed by atoms with Crippen LogP contribution in [0.2, 0.25) is 0 Å². The van der Waals surface area contributed by atoms with Crippen LogP contribution in [0.1, 0.15) is 49.5 Å². The Morgan fingerprint density at radius 3 is 2.93 bits per heavy atom. The van der Waals surface area contributed by atoms with Crippen LogP contribution in [0.25, 0.3) is 0 Å². The van der Waals surface area contributed by atoms with Crippen molar-refractivity contribution in [1.82, 2.24) is 9.97 Å². The van der Waals surface area contributed by atoms with E-state index in [-0.39, 0.29) is 5.92 Å². The number of aromatic nitrogens is 2. The van der Waals surface area contributed by atoms with Gasteiger partial charge < -0.3 is 5.73 Å². The molecule has 1 fully saturated rings. The van der Waals surface area contributed by atoms with Gasteiger partial charge in [-0.2, -0.15) is 0 Å². The van der Waals surface area contributed by atoms with Gasteiger partial charge in [-0.15, -0.1) is 0 Å². The molecule has 1 unspecified atom stereocenters. The summed E-state index contributed by atoms with van der Waals surface area (Å²) in [6.07, 6.45) is 5.78. The van der Waals surface area contributed by atoms with E-state index in [0.29, 0.717) is 12.5 Å². The first-order chi connectivity index (χ1) is 6.81. The normalized spacial score (nSPS) is 19.0. The van der Waals surface area contributed by atoms with Crippen LogP contribution in [-0.2, 0) is 0 Å². The van der Waals surface area contributed by atoms with Crippen LogP contribution in [0.3, 0.4) is 0 Å². The first-order valence-corrected chi connectivity index (χ1v) is 5.34. The second kappa shape index (κ2) is 4.05. The van der Waals surface area contributed by atoms with E-state index in [1.165, 1.54) is 25.0 Å². The highest BCUT2D eigenvalue weighted by Gasteiger charge is 2.21. The highest BCUT2D eigenvalue weighted by Crippen LogP contribution is 2.35. The molecule has 1 aliphatic carbocycles. The molecule has 0 bridgehead atoms. The van der Waals surface area contributed by atoms with Crippen LogP contribution in [0, 0.1) is 0 Å². The molecule has 0 spiro atoms. The molecule has 1 atom stereocenters. The van der Waals surface area contributed by atoms with Crippen molar-refractivity contribution in [3.8, 4) is 0 Å². The number of hydrogen-bond acceptors (Lipinski definition) is 3. The predicted octanol–water partition coefficient (Wildman–Crippen LogP) is 1.81. The Balaban J connectivity index is 2.17. The highest BCUT2D eigenvalue weighted by atomic mass is 14.9. The number of rotatable bonds is 3. The highest BCUT2D eigenvalue weighted by molar-refractivity contribution is 5.12. The van der Waals surface area contributed by atoms with Crippen molar-refractivity contribution in [2.45, 2.75) is 38.0 Å². The molecule has 0 aliphatic heterocycles. The van der Waals surface area contributed by atoms with E-state index < -0.39 is 0 Å². The van der Waals surface area contributed by atoms with E-state index >= 15 is 0 Å². The molecule has 2 rings (SSSR count). The fourth-order valence-electron chi connectivity index (χ4n) is 1.66. The molecule has 3 nitrogen and oxygen atoms in total. The Kier molecular flexibility index (Phi) is 2.77. The molecule has 0 saturated heterocycles. The second-order valence-corrected chi connectivity index (χ2v) is 4.10. The average Bonchev–Trinajstić information content (AvgIpc) is 2.14. The van der Waals surface area contributed by atoms with Crippen molar-refractivity contribution >= 4 is 0 Å². The van der Waals surface area contributed by atoms with Gasteiger partial charge in [0.25, 0.3) is 0 Å². The molecule has 0 aromatic carbocycles. The van der Waals surface area contributed by atoms with E-state index in [9.17, 15) is 0 Å². The molecule has 14 heavy (non-hydrogen) atoms. The number of hydrogen-bond donors (Lipinski definition) is 1. The maximum atomic E-state index is 5.60. The molecule has 76 valence electrons. The van der Waals surface area contributed by atoms with Crippen molar-refractivity contribution in [3.63, 3.8) is 0 Å². The summed E-state index contributed by atoms with van der Waals surface area (Å²) in [6, 6.07) is 2.04. The maximum absolute atomic E-state index is 5.60. The van der Waals surface area contributed by atoms with Crippen molar-refractivity contribution in [3.05, 3.63) is 23.8 Å². The Labute approximate surface area is 84.8 Å². The summed E-state index contributed by atoms with van der Waals surface area (Å²) >= 11 is 0. The van der Waals surface area contributed by atoms with Crippen molar-refractivity contribution < 1.29 is 0 Å². The molecule has 1 saturated carbocycles. The van der Waals surface area contributed by atoms with E-state index in [1.54, 1.807) is 0 Å². The van der Waals surface area contributed by atoms with Crippen molar-refractivity contribution in [2.24, 2.45) is 5.73 Å². The topological polar surface area (TPSA) is 51.8 Å². The lowest BCUT2D eigenvalue weighted by Crippen LogP contribution is -2.16. The largest absolute Gasteiger partial charge is 0.330 e. The molecule has 0 radical (unpaired) electrons. The van der Waals surface area contributed by atoms with E-state index in [1.807, 2.05) is 12.3 Å². The molecular formula is C11H17N3. The first-order valence-electron chi connectivity index (χ1n) is 5.34. The molecule has 1 aromatic heterocycles. The Hall–Kier alpha value is -0.960. The standard InChI is InChI=1S/C11H17N3/c1-8(7-12)11-13-6-5-10(14-11)9-3-2-4-9/h5-6,8-9H,2-4,7,12H2,1H3. The minimum absolute atomic E-state index is 0.273. The van der Waals surface area contributed by atoms with Gasteiger partial charge in [0.2, 0.25) is 0 Å². The number of nitrogens with two attached hydrogens (primary N) is 1. The Morgan fingerprint density at radius 2 is 2.36 bits per heavy atom. The smallest absolute Gasteiger partial charge is 0.132 e. The van der Waals surface area contributed by atoms with E-state index in [0.717, 1.165) is 5.82 Å². The zero-order valence-corrected chi connectivity index (χ0v) is 8.61. The van der Waals surface area contributed by atoms with Crippen LogP contribution in [0.15, 0.2) is 12.3 Å². The van der Waals surface area contributed by atoms with Gasteiger partial charge in [-0.1, -0.05) is 13.3 Å². The van der Waals surface area contributed by atoms with Crippen LogP contribution in [0.5, 0.6) is 0 Å². The molecule has 1 heterocycles. The molecular weight excluding hydrogens is 174 g/mol. The van der Waals surface area contributed by atoms with Gasteiger partial charge >= 0.3 is 0 Å². The summed E-state index contributed by atoms with van der Waals surface area (Å²) in [4.78, 5) is 8.83. The van der Waals surface area contributed by atoms with Gasteiger partial charge in [-0.25, -0.2) is 9.97 Å². The van der Waals surface area contributed by atoms with Gasteiger partial charge in [0.1, 0.15) is 5.82 Å². The van der Waals surface area contributed by atoms with E-state index in [4.69, 9.17) is 5.73 Å². The fraction of sp³-hybridized carbons (Fsp3) is 0.636. The zero-order valence-electron chi connectivity index (χ0n) is 8.61. The molecule has 1 aliphatic rings. The van der Waals surface area contributed by atoms with Crippen molar-refractivity contribution in [2.75, 3.05) is 6.54 Å². The van der Waals surface area contributed by atoms with Crippen LogP contribution >= 0.6 is 0 Å². The monoisotopic (exact) mass is 191 g/mol. The third-order valence-electron chi connectivity index (χ3n) is 3.01. The summed E-state index contributed by atoms with van der Waals surface area (Å²) in [5.74, 6) is 1.86. The molecule has 3 heteroatoms. The summed E-state index contributed by atoms with van der Waals surface area (Å²) in [5.41, 5.74) is 6.81. The lowest BCUT2D eigenvalue weighted by Gasteiger charge is -2.25. The quantitative estimate of drug-likeness (QED) is 0.792. The molecule has 1 aromatic rings. The fourth-order valence-corrected chi connectivity index (χ4v) is 1.66. The second-order valence-electron chi connectivity index (χ2n) is 4.10. The molecule has 0 amide bonds. The van der Waals surface area contributed by atoms with Gasteiger partial charge in [-0.05, 0) is 18.9 Å². The van der Waals surface area contributed by atoms with Crippen LogP contribution in [0.4, 0.5) is 0 Å². The summed E-state index contributed by atoms with van der Waals surface area (Å²) < 4.78 is 0. The minimum atomic E-state index is 0.273. The van der Waals surface area contributed by atoms with Gasteiger partial charge in [0.05, 0.1) is 0 Å². The summed E-state index contributed by atoms with van der Waals surface area (Å²) in [5, 5.41) is 0. The first kappa shape index (κ1) is 9.59. The predicted molar refractivity (Wildman–Crippen MR) is 56.1 cm³/mol. The minimum Gasteiger partial charge on any atom is -0.330 e. The Bertz CT molecular complexity index is 287. The lowest BCUT2D eigenvalue weighted by atomic mass is 9.83. The lowest BCUT2D eigenvalue weighted by molar-refractivity contribution is 0.408. The SMILES string of the molecule is CC(CN)c1nccc(C2CCC2)n1. The number of nitrogens with zero attached hydrogens (tertiary/aromatic N) is 2. The Morgan fingerprint density at radius 1 is 1.57 bits per heavy atom.